The molecule has 0 aromatic heterocycles. The Labute approximate surface area is 274 Å². The first-order valence-electron chi connectivity index (χ1n) is 15.6. The summed E-state index contributed by atoms with van der Waals surface area (Å²) in [6, 6.07) is 46.0. The van der Waals surface area contributed by atoms with E-state index in [0.29, 0.717) is 0 Å². The minimum Gasteiger partial charge on any atom is -0.207 e. The Hall–Kier alpha value is -6.00. The molecule has 48 heavy (non-hydrogen) atoms. The highest BCUT2D eigenvalue weighted by Gasteiger charge is 2.18. The van der Waals surface area contributed by atoms with Crippen LogP contribution in [0.2, 0.25) is 0 Å². The largest absolute Gasteiger partial charge is 0.207 e. The summed E-state index contributed by atoms with van der Waals surface area (Å²) in [7, 11) is 0. The van der Waals surface area contributed by atoms with Crippen LogP contribution in [0.4, 0.5) is 17.6 Å². The fourth-order valence-corrected chi connectivity index (χ4v) is 6.78. The van der Waals surface area contributed by atoms with Gasteiger partial charge in [-0.25, -0.2) is 17.6 Å². The van der Waals surface area contributed by atoms with Crippen molar-refractivity contribution in [3.63, 3.8) is 0 Å². The van der Waals surface area contributed by atoms with Crippen molar-refractivity contribution in [2.45, 2.75) is 0 Å². The van der Waals surface area contributed by atoms with E-state index in [-0.39, 0.29) is 23.3 Å². The lowest BCUT2D eigenvalue weighted by Crippen LogP contribution is -2.21. The third-order valence-corrected chi connectivity index (χ3v) is 8.92. The lowest BCUT2D eigenvalue weighted by Gasteiger charge is -2.18. The summed E-state index contributed by atoms with van der Waals surface area (Å²) in [5.41, 5.74) is 4.74. The molecule has 0 spiro atoms. The second kappa shape index (κ2) is 12.0. The van der Waals surface area contributed by atoms with Gasteiger partial charge in [0.05, 0.1) is 0 Å². The van der Waals surface area contributed by atoms with Crippen LogP contribution in [0.5, 0.6) is 0 Å². The van der Waals surface area contributed by atoms with Crippen LogP contribution >= 0.6 is 0 Å². The Morgan fingerprint density at radius 2 is 0.562 bits per heavy atom. The van der Waals surface area contributed by atoms with E-state index in [0.717, 1.165) is 76.2 Å². The molecule has 0 aliphatic carbocycles. The third-order valence-electron chi connectivity index (χ3n) is 8.92. The van der Waals surface area contributed by atoms with Gasteiger partial charge < -0.3 is 0 Å². The molecule has 0 saturated carbocycles. The zero-order valence-electron chi connectivity index (χ0n) is 25.5. The second-order valence-corrected chi connectivity index (χ2v) is 11.8. The molecule has 230 valence electrons. The van der Waals surface area contributed by atoms with Gasteiger partial charge in [-0.15, -0.1) is 0 Å². The number of hydrogen-bond acceptors (Lipinski definition) is 0. The molecule has 0 radical (unpaired) electrons. The molecule has 8 aromatic carbocycles. The van der Waals surface area contributed by atoms with Crippen molar-refractivity contribution in [2.24, 2.45) is 0 Å². The molecule has 0 fully saturated rings. The SMILES string of the molecule is Fc1ccc(C(c2ccc(F)cc2)=c2c3ccccc3c(=C(c3ccc(F)cc3)c3ccc(F)cc3)c3cc4ccccc4cc23)cc1. The van der Waals surface area contributed by atoms with Gasteiger partial charge in [0.1, 0.15) is 23.3 Å². The van der Waals surface area contributed by atoms with Gasteiger partial charge in [-0.05, 0) is 137 Å². The smallest absolute Gasteiger partial charge is 0.123 e. The van der Waals surface area contributed by atoms with Gasteiger partial charge in [-0.2, -0.15) is 0 Å². The Kier molecular flexibility index (Phi) is 7.34. The van der Waals surface area contributed by atoms with Crippen molar-refractivity contribution in [1.82, 2.24) is 0 Å². The summed E-state index contributed by atoms with van der Waals surface area (Å²) < 4.78 is 57.2. The van der Waals surface area contributed by atoms with Gasteiger partial charge >= 0.3 is 0 Å². The van der Waals surface area contributed by atoms with E-state index in [9.17, 15) is 17.6 Å². The highest BCUT2D eigenvalue weighted by atomic mass is 19.1. The maximum Gasteiger partial charge on any atom is 0.123 e. The molecule has 0 aliphatic heterocycles. The van der Waals surface area contributed by atoms with Crippen LogP contribution in [-0.2, 0) is 0 Å². The van der Waals surface area contributed by atoms with Crippen molar-refractivity contribution >= 4 is 43.5 Å². The van der Waals surface area contributed by atoms with E-state index >= 15 is 0 Å². The minimum atomic E-state index is -0.355. The normalized spacial score (nSPS) is 11.3. The molecule has 8 rings (SSSR count). The van der Waals surface area contributed by atoms with Gasteiger partial charge in [0, 0.05) is 0 Å². The Balaban J connectivity index is 1.71. The van der Waals surface area contributed by atoms with E-state index in [1.54, 1.807) is 48.5 Å². The average Bonchev–Trinajstić information content (AvgIpc) is 3.11. The summed E-state index contributed by atoms with van der Waals surface area (Å²) in [6.07, 6.45) is 0. The van der Waals surface area contributed by atoms with Crippen LogP contribution in [0, 0.1) is 23.3 Å². The van der Waals surface area contributed by atoms with E-state index in [1.165, 1.54) is 48.5 Å². The summed E-state index contributed by atoms with van der Waals surface area (Å²) in [5, 5.41) is 7.55. The van der Waals surface area contributed by atoms with Gasteiger partial charge in [0.2, 0.25) is 0 Å². The Bertz CT molecular complexity index is 2320. The zero-order chi connectivity index (χ0) is 32.8. The first-order valence-corrected chi connectivity index (χ1v) is 15.6. The molecular formula is C44H26F4. The molecule has 0 heterocycles. The fourth-order valence-electron chi connectivity index (χ4n) is 6.78. The van der Waals surface area contributed by atoms with E-state index in [1.807, 2.05) is 24.3 Å². The standard InChI is InChI=1S/C44H26F4/c45-33-17-9-27(10-18-33)41(28-11-19-34(46)20-12-28)43-37-7-3-4-8-38(37)44(40-26-32-6-2-1-5-31(32)25-39(40)43)42(29-13-21-35(47)22-14-29)30-15-23-36(48)24-16-30/h1-26H. The topological polar surface area (TPSA) is 0 Å². The number of halogens is 4. The number of benzene rings is 8. The van der Waals surface area contributed by atoms with Crippen LogP contribution in [0.25, 0.3) is 43.5 Å². The van der Waals surface area contributed by atoms with Crippen molar-refractivity contribution in [3.8, 4) is 0 Å². The van der Waals surface area contributed by atoms with Crippen LogP contribution < -0.4 is 10.4 Å². The van der Waals surface area contributed by atoms with Gasteiger partial charge in [-0.1, -0.05) is 97.1 Å². The highest BCUT2D eigenvalue weighted by Crippen LogP contribution is 2.30. The molecule has 0 aliphatic rings. The number of hydrogen-bond donors (Lipinski definition) is 0. The van der Waals surface area contributed by atoms with E-state index in [2.05, 4.69) is 36.4 Å². The monoisotopic (exact) mass is 630 g/mol. The molecule has 0 saturated heterocycles. The molecule has 0 nitrogen and oxygen atoms in total. The molecular weight excluding hydrogens is 604 g/mol. The van der Waals surface area contributed by atoms with Crippen molar-refractivity contribution in [2.75, 3.05) is 0 Å². The predicted molar refractivity (Wildman–Crippen MR) is 187 cm³/mol. The third kappa shape index (κ3) is 5.22. The van der Waals surface area contributed by atoms with Gasteiger partial charge in [-0.3, -0.25) is 0 Å². The molecule has 0 atom stereocenters. The summed E-state index contributed by atoms with van der Waals surface area (Å²) in [4.78, 5) is 0. The van der Waals surface area contributed by atoms with Crippen molar-refractivity contribution in [1.29, 1.82) is 0 Å². The number of fused-ring (bicyclic) bond motifs is 3. The van der Waals surface area contributed by atoms with Crippen molar-refractivity contribution in [3.05, 3.63) is 214 Å². The maximum atomic E-state index is 14.3. The van der Waals surface area contributed by atoms with E-state index < -0.39 is 0 Å². The molecule has 8 aromatic rings. The molecule has 0 unspecified atom stereocenters. The molecule has 0 amide bonds. The minimum absolute atomic E-state index is 0.355. The Morgan fingerprint density at radius 1 is 0.292 bits per heavy atom. The van der Waals surface area contributed by atoms with Crippen LogP contribution in [0.1, 0.15) is 22.3 Å². The first kappa shape index (κ1) is 29.4. The summed E-state index contributed by atoms with van der Waals surface area (Å²) >= 11 is 0. The van der Waals surface area contributed by atoms with Gasteiger partial charge in [0.25, 0.3) is 0 Å². The fraction of sp³-hybridized carbons (Fsp3) is 0. The molecule has 4 heteroatoms. The second-order valence-electron chi connectivity index (χ2n) is 11.8. The zero-order valence-corrected chi connectivity index (χ0v) is 25.5. The average molecular weight is 631 g/mol. The molecule has 0 bridgehead atoms. The lowest BCUT2D eigenvalue weighted by atomic mass is 9.85. The lowest BCUT2D eigenvalue weighted by molar-refractivity contribution is 0.627. The van der Waals surface area contributed by atoms with Gasteiger partial charge in [0.15, 0.2) is 0 Å². The first-order chi connectivity index (χ1) is 23.4. The number of rotatable bonds is 4. The quantitative estimate of drug-likeness (QED) is 0.134. The van der Waals surface area contributed by atoms with Crippen LogP contribution in [-0.4, -0.2) is 0 Å². The van der Waals surface area contributed by atoms with Crippen LogP contribution in [0.3, 0.4) is 0 Å². The predicted octanol–water partition coefficient (Wildman–Crippen LogP) is 10.2. The molecule has 0 N–H and O–H groups in total. The van der Waals surface area contributed by atoms with Crippen molar-refractivity contribution < 1.29 is 17.6 Å². The maximum absolute atomic E-state index is 14.3. The van der Waals surface area contributed by atoms with E-state index in [4.69, 9.17) is 0 Å². The highest BCUT2D eigenvalue weighted by molar-refractivity contribution is 6.10. The Morgan fingerprint density at radius 3 is 0.854 bits per heavy atom. The summed E-state index contributed by atoms with van der Waals surface area (Å²) in [5.74, 6) is -1.42. The summed E-state index contributed by atoms with van der Waals surface area (Å²) in [6.45, 7) is 0. The van der Waals surface area contributed by atoms with Crippen LogP contribution in [0.15, 0.2) is 158 Å².